The van der Waals surface area contributed by atoms with Gasteiger partial charge in [-0.1, -0.05) is 55.0 Å². The average molecular weight is 365 g/mol. The van der Waals surface area contributed by atoms with Crippen molar-refractivity contribution in [2.75, 3.05) is 18.1 Å². The fraction of sp³-hybridized carbons (Fsp3) is 0.318. The van der Waals surface area contributed by atoms with Crippen LogP contribution < -0.4 is 4.90 Å². The third-order valence-corrected chi connectivity index (χ3v) is 4.84. The van der Waals surface area contributed by atoms with E-state index in [4.69, 9.17) is 4.74 Å². The van der Waals surface area contributed by atoms with Crippen LogP contribution in [0.4, 0.5) is 5.69 Å². The molecule has 0 aromatic heterocycles. The van der Waals surface area contributed by atoms with Crippen LogP contribution in [-0.2, 0) is 20.7 Å². The quantitative estimate of drug-likeness (QED) is 0.582. The smallest absolute Gasteiger partial charge is 0.311 e. The van der Waals surface area contributed by atoms with Gasteiger partial charge in [0.05, 0.1) is 5.92 Å². The van der Waals surface area contributed by atoms with Crippen LogP contribution >= 0.6 is 0 Å². The van der Waals surface area contributed by atoms with Gasteiger partial charge in [0, 0.05) is 24.2 Å². The van der Waals surface area contributed by atoms with Crippen LogP contribution in [0.2, 0.25) is 0 Å². The lowest BCUT2D eigenvalue weighted by Crippen LogP contribution is -2.28. The third-order valence-electron chi connectivity index (χ3n) is 4.84. The molecular weight excluding hydrogens is 342 g/mol. The number of para-hydroxylation sites is 1. The predicted molar refractivity (Wildman–Crippen MR) is 103 cm³/mol. The summed E-state index contributed by atoms with van der Waals surface area (Å²) in [6.45, 7) is 3.95. The Morgan fingerprint density at radius 2 is 1.81 bits per heavy atom. The van der Waals surface area contributed by atoms with Crippen LogP contribution in [0.5, 0.6) is 0 Å². The normalized spacial score (nSPS) is 16.4. The highest BCUT2D eigenvalue weighted by molar-refractivity contribution is 6.01. The molecule has 1 atom stereocenters. The van der Waals surface area contributed by atoms with Gasteiger partial charge in [0.25, 0.3) is 0 Å². The molecule has 0 N–H and O–H groups in total. The monoisotopic (exact) mass is 365 g/mol. The van der Waals surface area contributed by atoms with E-state index in [0.29, 0.717) is 5.56 Å². The molecule has 0 saturated carbocycles. The predicted octanol–water partition coefficient (Wildman–Crippen LogP) is 3.34. The lowest BCUT2D eigenvalue weighted by atomic mass is 10.1. The summed E-state index contributed by atoms with van der Waals surface area (Å²) < 4.78 is 5.19. The van der Waals surface area contributed by atoms with E-state index < -0.39 is 11.9 Å². The Bertz CT molecular complexity index is 857. The van der Waals surface area contributed by atoms with E-state index in [2.05, 4.69) is 0 Å². The van der Waals surface area contributed by atoms with Gasteiger partial charge in [-0.05, 0) is 25.0 Å². The molecule has 5 heteroatoms. The highest BCUT2D eigenvalue weighted by Gasteiger charge is 2.37. The maximum atomic E-state index is 12.4. The average Bonchev–Trinajstić information content (AvgIpc) is 3.08. The van der Waals surface area contributed by atoms with Gasteiger partial charge < -0.3 is 9.64 Å². The van der Waals surface area contributed by atoms with Crippen LogP contribution in [-0.4, -0.2) is 30.8 Å². The second-order valence-electron chi connectivity index (χ2n) is 6.78. The van der Waals surface area contributed by atoms with E-state index in [1.165, 1.54) is 0 Å². The number of aryl methyl sites for hydroxylation is 2. The van der Waals surface area contributed by atoms with Gasteiger partial charge in [0.2, 0.25) is 5.91 Å². The van der Waals surface area contributed by atoms with Crippen molar-refractivity contribution >= 4 is 23.3 Å². The van der Waals surface area contributed by atoms with Crippen molar-refractivity contribution in [2.24, 2.45) is 5.92 Å². The number of nitrogens with zero attached hydrogens (tertiary/aromatic N) is 1. The summed E-state index contributed by atoms with van der Waals surface area (Å²) in [5, 5.41) is 0. The van der Waals surface area contributed by atoms with Gasteiger partial charge in [-0.25, -0.2) is 0 Å². The van der Waals surface area contributed by atoms with E-state index in [-0.39, 0.29) is 31.3 Å². The van der Waals surface area contributed by atoms with Crippen molar-refractivity contribution in [2.45, 2.75) is 26.7 Å². The van der Waals surface area contributed by atoms with E-state index in [9.17, 15) is 14.4 Å². The third kappa shape index (κ3) is 4.25. The van der Waals surface area contributed by atoms with Gasteiger partial charge in [0.15, 0.2) is 12.4 Å². The summed E-state index contributed by atoms with van der Waals surface area (Å²) in [6.07, 6.45) is 0.912. The number of carbonyl (C=O) groups excluding carboxylic acids is 3. The highest BCUT2D eigenvalue weighted by Crippen LogP contribution is 2.29. The van der Waals surface area contributed by atoms with E-state index in [1.807, 2.05) is 50.2 Å². The zero-order chi connectivity index (χ0) is 19.4. The van der Waals surface area contributed by atoms with Crippen LogP contribution in [0.15, 0.2) is 48.5 Å². The Hall–Kier alpha value is -2.95. The number of esters is 1. The minimum atomic E-state index is -0.548. The molecule has 140 valence electrons. The molecule has 1 aliphatic heterocycles. The first-order valence-corrected chi connectivity index (χ1v) is 9.14. The first kappa shape index (κ1) is 18.8. The first-order chi connectivity index (χ1) is 13.0. The maximum Gasteiger partial charge on any atom is 0.311 e. The summed E-state index contributed by atoms with van der Waals surface area (Å²) in [5.41, 5.74) is 3.47. The molecule has 3 rings (SSSR count). The molecule has 1 saturated heterocycles. The Kier molecular flexibility index (Phi) is 5.69. The summed E-state index contributed by atoms with van der Waals surface area (Å²) in [5.74, 6) is -1.39. The molecule has 2 aromatic carbocycles. The van der Waals surface area contributed by atoms with Crippen LogP contribution in [0.1, 0.15) is 34.8 Å². The van der Waals surface area contributed by atoms with Gasteiger partial charge >= 0.3 is 5.97 Å². The molecular formula is C22H23NO4. The number of carbonyl (C=O) groups is 3. The number of ketones is 1. The van der Waals surface area contributed by atoms with Gasteiger partial charge in [0.1, 0.15) is 0 Å². The molecule has 0 unspecified atom stereocenters. The summed E-state index contributed by atoms with van der Waals surface area (Å²) in [6, 6.07) is 14.8. The lowest BCUT2D eigenvalue weighted by molar-refractivity contribution is -0.147. The fourth-order valence-electron chi connectivity index (χ4n) is 3.25. The van der Waals surface area contributed by atoms with Crippen molar-refractivity contribution in [3.8, 4) is 0 Å². The first-order valence-electron chi connectivity index (χ1n) is 9.14. The van der Waals surface area contributed by atoms with Gasteiger partial charge in [-0.15, -0.1) is 0 Å². The number of benzene rings is 2. The van der Waals surface area contributed by atoms with E-state index in [0.717, 1.165) is 23.2 Å². The molecule has 1 heterocycles. The topological polar surface area (TPSA) is 63.7 Å². The highest BCUT2D eigenvalue weighted by atomic mass is 16.5. The molecule has 1 amide bonds. The second kappa shape index (κ2) is 8.16. The van der Waals surface area contributed by atoms with Gasteiger partial charge in [-0.2, -0.15) is 0 Å². The van der Waals surface area contributed by atoms with E-state index in [1.54, 1.807) is 17.0 Å². The second-order valence-corrected chi connectivity index (χ2v) is 6.78. The minimum absolute atomic E-state index is 0.0947. The molecule has 1 aliphatic rings. The SMILES string of the molecule is CCc1ccccc1N1C[C@H](C(=O)OCC(=O)c2ccc(C)cc2)CC1=O. The van der Waals surface area contributed by atoms with Gasteiger partial charge in [-0.3, -0.25) is 14.4 Å². The maximum absolute atomic E-state index is 12.4. The summed E-state index contributed by atoms with van der Waals surface area (Å²) >= 11 is 0. The molecule has 0 aliphatic carbocycles. The van der Waals surface area contributed by atoms with Crippen LogP contribution in [0.3, 0.4) is 0 Å². The number of amides is 1. The Labute approximate surface area is 158 Å². The van der Waals surface area contributed by atoms with Crippen molar-refractivity contribution in [1.29, 1.82) is 0 Å². The van der Waals surface area contributed by atoms with Crippen molar-refractivity contribution < 1.29 is 19.1 Å². The van der Waals surface area contributed by atoms with Crippen molar-refractivity contribution in [3.05, 3.63) is 65.2 Å². The molecule has 2 aromatic rings. The fourth-order valence-corrected chi connectivity index (χ4v) is 3.25. The largest absolute Gasteiger partial charge is 0.457 e. The molecule has 0 bridgehead atoms. The van der Waals surface area contributed by atoms with Crippen LogP contribution in [0, 0.1) is 12.8 Å². The molecule has 1 fully saturated rings. The number of rotatable bonds is 6. The summed E-state index contributed by atoms with van der Waals surface area (Å²) in [4.78, 5) is 38.6. The number of hydrogen-bond acceptors (Lipinski definition) is 4. The Morgan fingerprint density at radius 3 is 2.52 bits per heavy atom. The standard InChI is InChI=1S/C22H23NO4/c1-3-16-6-4-5-7-19(16)23-13-18(12-21(23)25)22(26)27-14-20(24)17-10-8-15(2)9-11-17/h4-11,18H,3,12-14H2,1-2H3/t18-/m1/s1. The van der Waals surface area contributed by atoms with Crippen LogP contribution in [0.25, 0.3) is 0 Å². The Morgan fingerprint density at radius 1 is 1.11 bits per heavy atom. The number of anilines is 1. The number of ether oxygens (including phenoxy) is 1. The minimum Gasteiger partial charge on any atom is -0.457 e. The molecule has 0 radical (unpaired) electrons. The molecule has 5 nitrogen and oxygen atoms in total. The van der Waals surface area contributed by atoms with Crippen molar-refractivity contribution in [1.82, 2.24) is 0 Å². The zero-order valence-electron chi connectivity index (χ0n) is 15.6. The number of Topliss-reactive ketones (excluding diaryl/α,β-unsaturated/α-hetero) is 1. The van der Waals surface area contributed by atoms with E-state index >= 15 is 0 Å². The molecule has 27 heavy (non-hydrogen) atoms. The zero-order valence-corrected chi connectivity index (χ0v) is 15.6. The van der Waals surface area contributed by atoms with Crippen molar-refractivity contribution in [3.63, 3.8) is 0 Å². The number of hydrogen-bond donors (Lipinski definition) is 0. The Balaban J connectivity index is 1.60. The summed E-state index contributed by atoms with van der Waals surface area (Å²) in [7, 11) is 0. The molecule has 0 spiro atoms. The lowest BCUT2D eigenvalue weighted by Gasteiger charge is -2.19.